The molecule has 0 aliphatic heterocycles. The summed E-state index contributed by atoms with van der Waals surface area (Å²) < 4.78 is 45.0. The number of aryl methyl sites for hydroxylation is 2. The molecule has 2 aromatic carbocycles. The van der Waals surface area contributed by atoms with Crippen molar-refractivity contribution < 1.29 is 22.7 Å². The lowest BCUT2D eigenvalue weighted by Gasteiger charge is -2.11. The van der Waals surface area contributed by atoms with E-state index >= 15 is 0 Å². The number of hydrogen-bond acceptors (Lipinski definition) is 2. The molecule has 0 saturated carbocycles. The van der Waals surface area contributed by atoms with E-state index < -0.39 is 28.8 Å². The highest BCUT2D eigenvalue weighted by atomic mass is 19.2. The first-order valence-corrected chi connectivity index (χ1v) is 6.20. The van der Waals surface area contributed by atoms with Gasteiger partial charge in [-0.15, -0.1) is 0 Å². The van der Waals surface area contributed by atoms with E-state index in [1.165, 1.54) is 13.2 Å². The predicted octanol–water partition coefficient (Wildman–Crippen LogP) is 3.96. The van der Waals surface area contributed by atoms with Gasteiger partial charge in [-0.1, -0.05) is 0 Å². The van der Waals surface area contributed by atoms with Gasteiger partial charge in [-0.2, -0.15) is 0 Å². The summed E-state index contributed by atoms with van der Waals surface area (Å²) in [5.41, 5.74) is 0.973. The fraction of sp³-hybridized carbons (Fsp3) is 0.188. The van der Waals surface area contributed by atoms with Gasteiger partial charge >= 0.3 is 0 Å². The maximum atomic E-state index is 13.7. The molecule has 0 bridgehead atoms. The molecule has 0 fully saturated rings. The molecule has 0 amide bonds. The van der Waals surface area contributed by atoms with Crippen LogP contribution in [0.5, 0.6) is 5.75 Å². The van der Waals surface area contributed by atoms with Crippen LogP contribution >= 0.6 is 0 Å². The Morgan fingerprint density at radius 2 is 1.62 bits per heavy atom. The van der Waals surface area contributed by atoms with Crippen molar-refractivity contribution in [2.75, 3.05) is 7.11 Å². The minimum atomic E-state index is -1.65. The number of halogens is 3. The summed E-state index contributed by atoms with van der Waals surface area (Å²) in [7, 11) is 1.50. The van der Waals surface area contributed by atoms with Gasteiger partial charge < -0.3 is 4.74 Å². The summed E-state index contributed by atoms with van der Waals surface area (Å²) in [6.07, 6.45) is 0. The summed E-state index contributed by atoms with van der Waals surface area (Å²) in [5.74, 6) is -4.56. The second-order valence-corrected chi connectivity index (χ2v) is 4.69. The molecular formula is C16H13F3O2. The average Bonchev–Trinajstić information content (AvgIpc) is 2.46. The molecule has 0 radical (unpaired) electrons. The molecule has 0 aromatic heterocycles. The molecule has 0 saturated heterocycles. The monoisotopic (exact) mass is 294 g/mol. The van der Waals surface area contributed by atoms with Gasteiger partial charge in [0.2, 0.25) is 0 Å². The SMILES string of the molecule is COc1cc(C)c(C(=O)c2ccc(F)c(F)c2F)cc1C. The van der Waals surface area contributed by atoms with Crippen molar-refractivity contribution >= 4 is 5.78 Å². The highest BCUT2D eigenvalue weighted by Crippen LogP contribution is 2.26. The average molecular weight is 294 g/mol. The van der Waals surface area contributed by atoms with Gasteiger partial charge in [0, 0.05) is 5.56 Å². The zero-order valence-electron chi connectivity index (χ0n) is 11.8. The maximum Gasteiger partial charge on any atom is 0.196 e. The molecule has 0 heterocycles. The molecule has 21 heavy (non-hydrogen) atoms. The van der Waals surface area contributed by atoms with Gasteiger partial charge in [-0.3, -0.25) is 4.79 Å². The van der Waals surface area contributed by atoms with E-state index in [-0.39, 0.29) is 5.56 Å². The highest BCUT2D eigenvalue weighted by molar-refractivity contribution is 6.10. The smallest absolute Gasteiger partial charge is 0.196 e. The Balaban J connectivity index is 2.56. The van der Waals surface area contributed by atoms with Crippen molar-refractivity contribution in [3.63, 3.8) is 0 Å². The number of ether oxygens (including phenoxy) is 1. The van der Waals surface area contributed by atoms with E-state index in [0.717, 1.165) is 12.1 Å². The van der Waals surface area contributed by atoms with Gasteiger partial charge in [0.1, 0.15) is 5.75 Å². The zero-order chi connectivity index (χ0) is 15.7. The quantitative estimate of drug-likeness (QED) is 0.632. The maximum absolute atomic E-state index is 13.7. The largest absolute Gasteiger partial charge is 0.496 e. The molecule has 5 heteroatoms. The minimum absolute atomic E-state index is 0.221. The zero-order valence-corrected chi connectivity index (χ0v) is 11.8. The van der Waals surface area contributed by atoms with Crippen molar-refractivity contribution in [1.29, 1.82) is 0 Å². The second kappa shape index (κ2) is 5.60. The van der Waals surface area contributed by atoms with Crippen LogP contribution in [-0.4, -0.2) is 12.9 Å². The highest BCUT2D eigenvalue weighted by Gasteiger charge is 2.21. The predicted molar refractivity (Wildman–Crippen MR) is 72.2 cm³/mol. The Morgan fingerprint density at radius 1 is 0.952 bits per heavy atom. The van der Waals surface area contributed by atoms with Crippen LogP contribution in [0.3, 0.4) is 0 Å². The summed E-state index contributed by atoms with van der Waals surface area (Å²) in [6.45, 7) is 3.39. The number of hydrogen-bond donors (Lipinski definition) is 0. The van der Waals surface area contributed by atoms with Crippen molar-refractivity contribution in [1.82, 2.24) is 0 Å². The molecule has 0 atom stereocenters. The van der Waals surface area contributed by atoms with Crippen LogP contribution in [-0.2, 0) is 0 Å². The lowest BCUT2D eigenvalue weighted by atomic mass is 9.96. The molecule has 2 aromatic rings. The third kappa shape index (κ3) is 2.63. The van der Waals surface area contributed by atoms with Crippen LogP contribution < -0.4 is 4.74 Å². The molecule has 0 aliphatic carbocycles. The summed E-state index contributed by atoms with van der Waals surface area (Å²) in [6, 6.07) is 4.85. The molecule has 0 aliphatic rings. The van der Waals surface area contributed by atoms with E-state index in [1.807, 2.05) is 0 Å². The Morgan fingerprint density at radius 3 is 2.24 bits per heavy atom. The standard InChI is InChI=1S/C16H13F3O2/c1-8-7-13(21-3)9(2)6-11(8)16(20)10-4-5-12(17)15(19)14(10)18/h4-7H,1-3H3. The molecule has 0 unspecified atom stereocenters. The van der Waals surface area contributed by atoms with E-state index in [0.29, 0.717) is 16.9 Å². The number of rotatable bonds is 3. The van der Waals surface area contributed by atoms with Crippen LogP contribution in [0.2, 0.25) is 0 Å². The fourth-order valence-corrected chi connectivity index (χ4v) is 2.10. The lowest BCUT2D eigenvalue weighted by Crippen LogP contribution is -2.09. The van der Waals surface area contributed by atoms with Crippen molar-refractivity contribution in [3.05, 3.63) is 64.0 Å². The topological polar surface area (TPSA) is 26.3 Å². The lowest BCUT2D eigenvalue weighted by molar-refractivity contribution is 0.103. The first kappa shape index (κ1) is 15.1. The van der Waals surface area contributed by atoms with E-state index in [1.54, 1.807) is 19.9 Å². The van der Waals surface area contributed by atoms with Gasteiger partial charge in [0.05, 0.1) is 12.7 Å². The molecule has 0 N–H and O–H groups in total. The van der Waals surface area contributed by atoms with Gasteiger partial charge in [-0.25, -0.2) is 13.2 Å². The van der Waals surface area contributed by atoms with Gasteiger partial charge in [0.15, 0.2) is 23.2 Å². The number of carbonyl (C=O) groups excluding carboxylic acids is 1. The third-order valence-corrected chi connectivity index (χ3v) is 3.27. The second-order valence-electron chi connectivity index (χ2n) is 4.69. The molecule has 2 nitrogen and oxygen atoms in total. The molecule has 2 rings (SSSR count). The van der Waals surface area contributed by atoms with Crippen molar-refractivity contribution in [2.45, 2.75) is 13.8 Å². The first-order chi connectivity index (χ1) is 9.86. The first-order valence-electron chi connectivity index (χ1n) is 6.20. The van der Waals surface area contributed by atoms with Gasteiger partial charge in [-0.05, 0) is 49.2 Å². The Bertz CT molecular complexity index is 724. The third-order valence-electron chi connectivity index (χ3n) is 3.27. The van der Waals surface area contributed by atoms with Crippen LogP contribution in [0.4, 0.5) is 13.2 Å². The Labute approximate surface area is 120 Å². The minimum Gasteiger partial charge on any atom is -0.496 e. The van der Waals surface area contributed by atoms with E-state index in [4.69, 9.17) is 4.74 Å². The number of ketones is 1. The van der Waals surface area contributed by atoms with Crippen LogP contribution in [0, 0.1) is 31.3 Å². The fourth-order valence-electron chi connectivity index (χ4n) is 2.10. The molecule has 110 valence electrons. The van der Waals surface area contributed by atoms with Crippen LogP contribution in [0.15, 0.2) is 24.3 Å². The summed E-state index contributed by atoms with van der Waals surface area (Å²) in [5, 5.41) is 0. The van der Waals surface area contributed by atoms with Crippen molar-refractivity contribution in [2.24, 2.45) is 0 Å². The number of carbonyl (C=O) groups is 1. The molecular weight excluding hydrogens is 281 g/mol. The summed E-state index contributed by atoms with van der Waals surface area (Å²) >= 11 is 0. The number of benzene rings is 2. The normalized spacial score (nSPS) is 10.6. The van der Waals surface area contributed by atoms with Gasteiger partial charge in [0.25, 0.3) is 0 Å². The molecule has 0 spiro atoms. The van der Waals surface area contributed by atoms with Crippen molar-refractivity contribution in [3.8, 4) is 5.75 Å². The summed E-state index contributed by atoms with van der Waals surface area (Å²) in [4.78, 5) is 12.3. The number of methoxy groups -OCH3 is 1. The Hall–Kier alpha value is -2.30. The van der Waals surface area contributed by atoms with Crippen LogP contribution in [0.25, 0.3) is 0 Å². The van der Waals surface area contributed by atoms with Crippen LogP contribution in [0.1, 0.15) is 27.0 Å². The van der Waals surface area contributed by atoms with E-state index in [2.05, 4.69) is 0 Å². The van der Waals surface area contributed by atoms with E-state index in [9.17, 15) is 18.0 Å². The Kier molecular flexibility index (Phi) is 4.02.